The number of sulfone groups is 1. The molecule has 0 radical (unpaired) electrons. The number of carbonyl (C=O) groups excluding carboxylic acids is 1. The maximum atomic E-state index is 12.9. The minimum Gasteiger partial charge on any atom is -0.504 e. The standard InChI is InChI=1S/C17H18FNO5S/c1-11(25(22,23)14-6-4-13(18)5-7-14)17(21)19-10-12-3-8-15(20)16(9-12)24-2/h3-9,11,20H,10H2,1-2H3,(H,19,21)/t11-/m1/s1. The van der Waals surface area contributed by atoms with Gasteiger partial charge in [0.05, 0.1) is 12.0 Å². The molecular weight excluding hydrogens is 349 g/mol. The lowest BCUT2D eigenvalue weighted by Crippen LogP contribution is -2.37. The van der Waals surface area contributed by atoms with E-state index in [0.717, 1.165) is 24.3 Å². The van der Waals surface area contributed by atoms with E-state index < -0.39 is 26.8 Å². The number of hydrogen-bond donors (Lipinski definition) is 2. The molecule has 0 aliphatic carbocycles. The third kappa shape index (κ3) is 4.27. The van der Waals surface area contributed by atoms with Crippen molar-refractivity contribution in [3.05, 3.63) is 53.8 Å². The molecule has 0 heterocycles. The summed E-state index contributed by atoms with van der Waals surface area (Å²) in [5.41, 5.74) is 0.634. The number of phenolic OH excluding ortho intramolecular Hbond substituents is 1. The fourth-order valence-corrected chi connectivity index (χ4v) is 3.42. The third-order valence-corrected chi connectivity index (χ3v) is 5.76. The first kappa shape index (κ1) is 18.7. The van der Waals surface area contributed by atoms with Gasteiger partial charge in [-0.25, -0.2) is 12.8 Å². The van der Waals surface area contributed by atoms with E-state index >= 15 is 0 Å². The van der Waals surface area contributed by atoms with E-state index in [4.69, 9.17) is 4.74 Å². The van der Waals surface area contributed by atoms with E-state index in [-0.39, 0.29) is 22.9 Å². The van der Waals surface area contributed by atoms with Crippen molar-refractivity contribution in [2.75, 3.05) is 7.11 Å². The summed E-state index contributed by atoms with van der Waals surface area (Å²) in [6.07, 6.45) is 0. The summed E-state index contributed by atoms with van der Waals surface area (Å²) in [5, 5.41) is 10.7. The second-order valence-corrected chi connectivity index (χ2v) is 7.63. The number of ether oxygens (including phenoxy) is 1. The molecule has 2 aromatic carbocycles. The number of phenols is 1. The van der Waals surface area contributed by atoms with Crippen LogP contribution < -0.4 is 10.1 Å². The van der Waals surface area contributed by atoms with E-state index in [0.29, 0.717) is 5.56 Å². The number of benzene rings is 2. The predicted molar refractivity (Wildman–Crippen MR) is 89.6 cm³/mol. The van der Waals surface area contributed by atoms with Gasteiger partial charge in [-0.05, 0) is 48.9 Å². The topological polar surface area (TPSA) is 92.7 Å². The van der Waals surface area contributed by atoms with Gasteiger partial charge >= 0.3 is 0 Å². The molecule has 0 bridgehead atoms. The quantitative estimate of drug-likeness (QED) is 0.762. The first-order valence-corrected chi connectivity index (χ1v) is 8.93. The van der Waals surface area contributed by atoms with Crippen molar-refractivity contribution >= 4 is 15.7 Å². The van der Waals surface area contributed by atoms with Crippen molar-refractivity contribution in [2.24, 2.45) is 0 Å². The summed E-state index contributed by atoms with van der Waals surface area (Å²) in [6.45, 7) is 1.34. The SMILES string of the molecule is COc1cc(CNC(=O)[C@@H](C)S(=O)(=O)c2ccc(F)cc2)ccc1O. The Labute approximate surface area is 145 Å². The van der Waals surface area contributed by atoms with E-state index in [1.165, 1.54) is 26.2 Å². The highest BCUT2D eigenvalue weighted by molar-refractivity contribution is 7.92. The molecule has 1 amide bonds. The highest BCUT2D eigenvalue weighted by atomic mass is 32.2. The van der Waals surface area contributed by atoms with Crippen LogP contribution in [0.25, 0.3) is 0 Å². The number of methoxy groups -OCH3 is 1. The molecule has 2 rings (SSSR count). The molecule has 25 heavy (non-hydrogen) atoms. The van der Waals surface area contributed by atoms with Gasteiger partial charge in [0.25, 0.3) is 0 Å². The minimum atomic E-state index is -3.92. The molecule has 2 aromatic rings. The maximum Gasteiger partial charge on any atom is 0.238 e. The smallest absolute Gasteiger partial charge is 0.238 e. The molecule has 0 fully saturated rings. The lowest BCUT2D eigenvalue weighted by molar-refractivity contribution is -0.120. The number of carbonyl (C=O) groups is 1. The van der Waals surface area contributed by atoms with Gasteiger partial charge in [0.15, 0.2) is 21.3 Å². The summed E-state index contributed by atoms with van der Waals surface area (Å²) >= 11 is 0. The van der Waals surface area contributed by atoms with Crippen molar-refractivity contribution in [3.8, 4) is 11.5 Å². The largest absolute Gasteiger partial charge is 0.504 e. The van der Waals surface area contributed by atoms with Crippen molar-refractivity contribution in [1.82, 2.24) is 5.32 Å². The van der Waals surface area contributed by atoms with E-state index in [2.05, 4.69) is 5.32 Å². The molecule has 2 N–H and O–H groups in total. The summed E-state index contributed by atoms with van der Waals surface area (Å²) in [5.74, 6) is -1.03. The molecular formula is C17H18FNO5S. The van der Waals surface area contributed by atoms with Crippen molar-refractivity contribution < 1.29 is 27.4 Å². The molecule has 0 saturated heterocycles. The number of halogens is 1. The fraction of sp³-hybridized carbons (Fsp3) is 0.235. The Balaban J connectivity index is 2.08. The Hall–Kier alpha value is -2.61. The number of aromatic hydroxyl groups is 1. The average molecular weight is 367 g/mol. The van der Waals surface area contributed by atoms with Crippen LogP contribution in [0.4, 0.5) is 4.39 Å². The number of rotatable bonds is 6. The number of nitrogens with one attached hydrogen (secondary N) is 1. The number of hydrogen-bond acceptors (Lipinski definition) is 5. The molecule has 0 unspecified atom stereocenters. The monoisotopic (exact) mass is 367 g/mol. The van der Waals surface area contributed by atoms with E-state index in [1.807, 2.05) is 0 Å². The van der Waals surface area contributed by atoms with Crippen LogP contribution in [0.5, 0.6) is 11.5 Å². The van der Waals surface area contributed by atoms with Crippen LogP contribution in [0, 0.1) is 5.82 Å². The van der Waals surface area contributed by atoms with Gasteiger partial charge in [-0.3, -0.25) is 4.79 Å². The van der Waals surface area contributed by atoms with Crippen LogP contribution in [-0.2, 0) is 21.2 Å². The Morgan fingerprint density at radius 2 is 1.88 bits per heavy atom. The van der Waals surface area contributed by atoms with Gasteiger partial charge < -0.3 is 15.2 Å². The summed E-state index contributed by atoms with van der Waals surface area (Å²) in [4.78, 5) is 12.1. The minimum absolute atomic E-state index is 0.0372. The van der Waals surface area contributed by atoms with Crippen LogP contribution in [0.2, 0.25) is 0 Å². The molecule has 0 aromatic heterocycles. The fourth-order valence-electron chi connectivity index (χ4n) is 2.13. The van der Waals surface area contributed by atoms with Gasteiger partial charge in [0, 0.05) is 6.54 Å². The Bertz CT molecular complexity index is 865. The molecule has 0 aliphatic rings. The Morgan fingerprint density at radius 1 is 1.24 bits per heavy atom. The third-order valence-electron chi connectivity index (χ3n) is 3.69. The van der Waals surface area contributed by atoms with E-state index in [9.17, 15) is 22.7 Å². The van der Waals surface area contributed by atoms with Gasteiger partial charge in [-0.2, -0.15) is 0 Å². The second kappa shape index (κ2) is 7.52. The van der Waals surface area contributed by atoms with Gasteiger partial charge in [0.1, 0.15) is 11.1 Å². The van der Waals surface area contributed by atoms with Gasteiger partial charge in [0.2, 0.25) is 5.91 Å². The number of amides is 1. The molecule has 6 nitrogen and oxygen atoms in total. The van der Waals surface area contributed by atoms with Crippen LogP contribution >= 0.6 is 0 Å². The second-order valence-electron chi connectivity index (χ2n) is 5.37. The molecule has 0 saturated carbocycles. The van der Waals surface area contributed by atoms with Gasteiger partial charge in [-0.15, -0.1) is 0 Å². The Kier molecular flexibility index (Phi) is 5.63. The lowest BCUT2D eigenvalue weighted by Gasteiger charge is -2.14. The van der Waals surface area contributed by atoms with Crippen LogP contribution in [0.3, 0.4) is 0 Å². The zero-order valence-corrected chi connectivity index (χ0v) is 14.5. The highest BCUT2D eigenvalue weighted by Gasteiger charge is 2.29. The molecule has 1 atom stereocenters. The average Bonchev–Trinajstić information content (AvgIpc) is 2.60. The lowest BCUT2D eigenvalue weighted by atomic mass is 10.2. The van der Waals surface area contributed by atoms with Crippen LogP contribution in [0.1, 0.15) is 12.5 Å². The zero-order chi connectivity index (χ0) is 18.6. The van der Waals surface area contributed by atoms with Crippen LogP contribution in [0.15, 0.2) is 47.4 Å². The van der Waals surface area contributed by atoms with Crippen molar-refractivity contribution in [2.45, 2.75) is 23.6 Å². The normalized spacial score (nSPS) is 12.4. The first-order chi connectivity index (χ1) is 11.8. The molecule has 0 aliphatic heterocycles. The first-order valence-electron chi connectivity index (χ1n) is 7.38. The summed E-state index contributed by atoms with van der Waals surface area (Å²) < 4.78 is 42.7. The predicted octanol–water partition coefficient (Wildman–Crippen LogP) is 2.02. The van der Waals surface area contributed by atoms with Crippen molar-refractivity contribution in [1.29, 1.82) is 0 Å². The summed E-state index contributed by atoms with van der Waals surface area (Å²) in [7, 11) is -2.52. The molecule has 0 spiro atoms. The summed E-state index contributed by atoms with van der Waals surface area (Å²) in [6, 6.07) is 8.84. The maximum absolute atomic E-state index is 12.9. The van der Waals surface area contributed by atoms with Crippen molar-refractivity contribution in [3.63, 3.8) is 0 Å². The zero-order valence-electron chi connectivity index (χ0n) is 13.7. The molecule has 8 heteroatoms. The highest BCUT2D eigenvalue weighted by Crippen LogP contribution is 2.26. The van der Waals surface area contributed by atoms with Gasteiger partial charge in [-0.1, -0.05) is 6.07 Å². The van der Waals surface area contributed by atoms with E-state index in [1.54, 1.807) is 6.07 Å². The van der Waals surface area contributed by atoms with Crippen LogP contribution in [-0.4, -0.2) is 31.8 Å². The Morgan fingerprint density at radius 3 is 2.48 bits per heavy atom. The molecule has 134 valence electrons.